The minimum Gasteiger partial charge on any atom is -0.362 e. The van der Waals surface area contributed by atoms with Crippen LogP contribution in [0.3, 0.4) is 0 Å². The first-order chi connectivity index (χ1) is 15.2. The fraction of sp³-hybridized carbons (Fsp3) is 0.300. The van der Waals surface area contributed by atoms with E-state index in [-0.39, 0.29) is 29.5 Å². The molecule has 0 spiro atoms. The molecule has 0 unspecified atom stereocenters. The van der Waals surface area contributed by atoms with E-state index in [1.165, 1.54) is 36.0 Å². The lowest BCUT2D eigenvalue weighted by molar-refractivity contribution is -0.138. The summed E-state index contributed by atoms with van der Waals surface area (Å²) in [6, 6.07) is 5.26. The van der Waals surface area contributed by atoms with Crippen molar-refractivity contribution in [3.63, 3.8) is 0 Å². The van der Waals surface area contributed by atoms with Gasteiger partial charge in [-0.15, -0.1) is 0 Å². The molecule has 0 atom stereocenters. The maximum atomic E-state index is 13.5. The number of imidazole rings is 1. The van der Waals surface area contributed by atoms with Crippen LogP contribution in [-0.4, -0.2) is 39.2 Å². The lowest BCUT2D eigenvalue weighted by Gasteiger charge is -2.29. The van der Waals surface area contributed by atoms with E-state index in [1.54, 1.807) is 4.90 Å². The van der Waals surface area contributed by atoms with Gasteiger partial charge in [0.15, 0.2) is 5.82 Å². The second-order valence-electron chi connectivity index (χ2n) is 7.22. The molecule has 0 radical (unpaired) electrons. The van der Waals surface area contributed by atoms with E-state index in [2.05, 4.69) is 20.5 Å². The van der Waals surface area contributed by atoms with Crippen LogP contribution in [0.2, 0.25) is 5.02 Å². The number of carbonyl (C=O) groups excluding carboxylic acids is 1. The van der Waals surface area contributed by atoms with Gasteiger partial charge < -0.3 is 14.8 Å². The number of carbonyl (C=O) groups is 1. The van der Waals surface area contributed by atoms with Crippen molar-refractivity contribution in [2.24, 2.45) is 0 Å². The highest BCUT2D eigenvalue weighted by Gasteiger charge is 2.34. The Morgan fingerprint density at radius 1 is 1.31 bits per heavy atom. The maximum absolute atomic E-state index is 13.5. The van der Waals surface area contributed by atoms with Crippen molar-refractivity contribution in [1.82, 2.24) is 25.1 Å². The van der Waals surface area contributed by atoms with Crippen LogP contribution in [0.5, 0.6) is 0 Å². The van der Waals surface area contributed by atoms with Crippen LogP contribution >= 0.6 is 11.6 Å². The molecular formula is C20H18ClF3N6O2. The monoisotopic (exact) mass is 466 g/mol. The molecular weight excluding hydrogens is 449 g/mol. The van der Waals surface area contributed by atoms with E-state index in [1.807, 2.05) is 0 Å². The fourth-order valence-electron chi connectivity index (χ4n) is 3.80. The van der Waals surface area contributed by atoms with E-state index >= 15 is 0 Å². The minimum atomic E-state index is -4.52. The number of rotatable bonds is 4. The topological polar surface area (TPSA) is 95.9 Å². The summed E-state index contributed by atoms with van der Waals surface area (Å²) in [6.07, 6.45) is -2.72. The highest BCUT2D eigenvalue weighted by Crippen LogP contribution is 2.33. The summed E-state index contributed by atoms with van der Waals surface area (Å²) >= 11 is 6.11. The van der Waals surface area contributed by atoms with E-state index in [9.17, 15) is 22.8 Å². The van der Waals surface area contributed by atoms with Crippen LogP contribution in [0.1, 0.15) is 33.1 Å². The number of aromatic nitrogens is 4. The van der Waals surface area contributed by atoms with E-state index in [0.717, 1.165) is 6.07 Å². The lowest BCUT2D eigenvalue weighted by atomic mass is 10.1. The van der Waals surface area contributed by atoms with Gasteiger partial charge in [-0.3, -0.25) is 9.59 Å². The third-order valence-corrected chi connectivity index (χ3v) is 5.68. The van der Waals surface area contributed by atoms with Gasteiger partial charge in [0.25, 0.3) is 11.5 Å². The smallest absolute Gasteiger partial charge is 0.362 e. The van der Waals surface area contributed by atoms with Gasteiger partial charge >= 0.3 is 6.18 Å². The summed E-state index contributed by atoms with van der Waals surface area (Å²) in [5.41, 5.74) is 0.343. The van der Waals surface area contributed by atoms with Gasteiger partial charge in [-0.25, -0.2) is 10.1 Å². The number of nitrogens with zero attached hydrogens (tertiary/aromatic N) is 4. The fourth-order valence-corrected chi connectivity index (χ4v) is 4.01. The van der Waals surface area contributed by atoms with Gasteiger partial charge in [0, 0.05) is 25.7 Å². The average Bonchev–Trinajstić information content (AvgIpc) is 3.12. The molecule has 32 heavy (non-hydrogen) atoms. The molecule has 3 aromatic rings. The molecule has 0 saturated carbocycles. The normalized spacial score (nSPS) is 13.7. The number of nitrogens with one attached hydrogen (secondary N) is 2. The number of hydrogen-bond acceptors (Lipinski definition) is 5. The first kappa shape index (κ1) is 21.9. The highest BCUT2D eigenvalue weighted by atomic mass is 35.5. The van der Waals surface area contributed by atoms with Crippen molar-refractivity contribution in [2.75, 3.05) is 18.5 Å². The summed E-state index contributed by atoms with van der Waals surface area (Å²) in [6.45, 7) is 0.476. The molecule has 168 valence electrons. The number of anilines is 1. The molecule has 12 heteroatoms. The molecule has 0 bridgehead atoms. The number of amides is 1. The van der Waals surface area contributed by atoms with Gasteiger partial charge in [0.2, 0.25) is 0 Å². The Bertz CT molecular complexity index is 1240. The number of alkyl halides is 3. The minimum absolute atomic E-state index is 0.0199. The van der Waals surface area contributed by atoms with Gasteiger partial charge in [0.1, 0.15) is 5.02 Å². The summed E-state index contributed by atoms with van der Waals surface area (Å²) in [4.78, 5) is 30.5. The Labute approximate surface area is 185 Å². The predicted molar refractivity (Wildman–Crippen MR) is 111 cm³/mol. The van der Waals surface area contributed by atoms with E-state index < -0.39 is 23.2 Å². The van der Waals surface area contributed by atoms with Crippen molar-refractivity contribution in [3.8, 4) is 0 Å². The summed E-state index contributed by atoms with van der Waals surface area (Å²) in [7, 11) is 1.43. The lowest BCUT2D eigenvalue weighted by Crippen LogP contribution is -2.33. The first-order valence-electron chi connectivity index (χ1n) is 9.64. The van der Waals surface area contributed by atoms with Gasteiger partial charge in [-0.05, 0) is 11.6 Å². The molecule has 2 aromatic heterocycles. The van der Waals surface area contributed by atoms with E-state index in [4.69, 9.17) is 11.6 Å². The Morgan fingerprint density at radius 2 is 2.06 bits per heavy atom. The van der Waals surface area contributed by atoms with Crippen molar-refractivity contribution in [2.45, 2.75) is 25.7 Å². The number of benzene rings is 1. The van der Waals surface area contributed by atoms with Crippen molar-refractivity contribution < 1.29 is 18.0 Å². The predicted octanol–water partition coefficient (Wildman–Crippen LogP) is 2.61. The standard InChI is InChI=1S/C20H18ClF3N6O2/c1-25-19(32)17-27-13-10-29(15-8-26-28-18(31)16(15)21)7-6-14(13)30(17)9-11-4-2-3-5-12(11)20(22,23)24/h2-5,8H,6-7,9-10H2,1H3,(H,25,32)(H,28,31). The Hall–Kier alpha value is -3.34. The Morgan fingerprint density at radius 3 is 2.78 bits per heavy atom. The zero-order valence-electron chi connectivity index (χ0n) is 16.8. The van der Waals surface area contributed by atoms with Crippen LogP contribution in [0, 0.1) is 0 Å². The van der Waals surface area contributed by atoms with Gasteiger partial charge in [-0.2, -0.15) is 18.3 Å². The summed E-state index contributed by atoms with van der Waals surface area (Å²) in [5.74, 6) is -0.488. The first-order valence-corrected chi connectivity index (χ1v) is 10.0. The molecule has 1 aliphatic rings. The highest BCUT2D eigenvalue weighted by molar-refractivity contribution is 6.33. The SMILES string of the molecule is CNC(=O)c1nc2c(n1Cc1ccccc1C(F)(F)F)CCN(c1cn[nH]c(=O)c1Cl)C2. The van der Waals surface area contributed by atoms with Crippen LogP contribution in [0.4, 0.5) is 18.9 Å². The second kappa shape index (κ2) is 8.30. The molecule has 8 nitrogen and oxygen atoms in total. The Kier molecular flexibility index (Phi) is 5.68. The maximum Gasteiger partial charge on any atom is 0.416 e. The zero-order valence-corrected chi connectivity index (χ0v) is 17.6. The molecule has 3 heterocycles. The molecule has 1 aromatic carbocycles. The molecule has 1 aliphatic heterocycles. The summed E-state index contributed by atoms with van der Waals surface area (Å²) in [5, 5.41) is 8.49. The van der Waals surface area contributed by atoms with E-state index in [0.29, 0.717) is 30.0 Å². The van der Waals surface area contributed by atoms with Gasteiger partial charge in [-0.1, -0.05) is 29.8 Å². The van der Waals surface area contributed by atoms with Crippen LogP contribution < -0.4 is 15.8 Å². The largest absolute Gasteiger partial charge is 0.416 e. The molecule has 0 aliphatic carbocycles. The molecule has 2 N–H and O–H groups in total. The molecule has 0 saturated heterocycles. The number of halogens is 4. The molecule has 1 amide bonds. The van der Waals surface area contributed by atoms with Crippen LogP contribution in [0.25, 0.3) is 0 Å². The average molecular weight is 467 g/mol. The van der Waals surface area contributed by atoms with Gasteiger partial charge in [0.05, 0.1) is 36.2 Å². The zero-order chi connectivity index (χ0) is 23.0. The Balaban J connectivity index is 1.75. The van der Waals surface area contributed by atoms with Crippen molar-refractivity contribution in [3.05, 3.63) is 74.2 Å². The third-order valence-electron chi connectivity index (χ3n) is 5.31. The molecule has 4 rings (SSSR count). The number of fused-ring (bicyclic) bond motifs is 1. The van der Waals surface area contributed by atoms with Crippen LogP contribution in [0.15, 0.2) is 35.3 Å². The van der Waals surface area contributed by atoms with Crippen LogP contribution in [-0.2, 0) is 25.7 Å². The molecule has 0 fully saturated rings. The third kappa shape index (κ3) is 3.95. The van der Waals surface area contributed by atoms with Crippen molar-refractivity contribution in [1.29, 1.82) is 0 Å². The number of aromatic amines is 1. The quantitative estimate of drug-likeness (QED) is 0.616. The number of hydrogen-bond donors (Lipinski definition) is 2. The summed E-state index contributed by atoms with van der Waals surface area (Å²) < 4.78 is 42.0. The second-order valence-corrected chi connectivity index (χ2v) is 7.60. The van der Waals surface area contributed by atoms with Crippen molar-refractivity contribution >= 4 is 23.2 Å². The number of H-pyrrole nitrogens is 1.